The van der Waals surface area contributed by atoms with Crippen molar-refractivity contribution in [2.24, 2.45) is 0 Å². The number of rotatable bonds is 4. The van der Waals surface area contributed by atoms with Crippen molar-refractivity contribution in [3.05, 3.63) is 29.8 Å². The van der Waals surface area contributed by atoms with Gasteiger partial charge in [0, 0.05) is 25.0 Å². The van der Waals surface area contributed by atoms with Gasteiger partial charge in [0.25, 0.3) is 0 Å². The smallest absolute Gasteiger partial charge is 0.343 e. The number of methoxy groups -OCH3 is 1. The summed E-state index contributed by atoms with van der Waals surface area (Å²) in [6.45, 7) is 4.51. The largest absolute Gasteiger partial charge is 0.465 e. The molecule has 0 saturated heterocycles. The third kappa shape index (κ3) is 2.87. The lowest BCUT2D eigenvalue weighted by Crippen LogP contribution is -2.09. The van der Waals surface area contributed by atoms with Crippen LogP contribution in [0.1, 0.15) is 23.1 Å². The number of hydrogen-bond acceptors (Lipinski definition) is 6. The second-order valence-electron chi connectivity index (χ2n) is 3.85. The van der Waals surface area contributed by atoms with E-state index in [0.717, 1.165) is 6.54 Å². The minimum Gasteiger partial charge on any atom is -0.465 e. The molecule has 0 radical (unpaired) electrons. The Kier molecular flexibility index (Phi) is 3.74. The summed E-state index contributed by atoms with van der Waals surface area (Å²) < 4.78 is 6.47. The molecule has 19 heavy (non-hydrogen) atoms. The molecule has 2 heterocycles. The Bertz CT molecular complexity index is 594. The average Bonchev–Trinajstić information content (AvgIpc) is 2.86. The van der Waals surface area contributed by atoms with Crippen molar-refractivity contribution < 1.29 is 9.53 Å². The van der Waals surface area contributed by atoms with Crippen LogP contribution in [0.5, 0.6) is 0 Å². The average molecular weight is 261 g/mol. The molecule has 2 aromatic rings. The standard InChI is InChI=1S/C12H15N5O2/c1-4-17-6-5-10(16-17)15-11-9(12(18)19-3)7-13-8(2)14-11/h5-7H,4H2,1-3H3,(H,13,14,15,16). The van der Waals surface area contributed by atoms with Crippen LogP contribution in [0.2, 0.25) is 0 Å². The number of nitrogens with one attached hydrogen (secondary N) is 1. The molecule has 0 aliphatic heterocycles. The van der Waals surface area contributed by atoms with E-state index in [9.17, 15) is 4.79 Å². The Morgan fingerprint density at radius 2 is 2.32 bits per heavy atom. The normalized spacial score (nSPS) is 10.3. The van der Waals surface area contributed by atoms with E-state index in [1.807, 2.05) is 19.2 Å². The Morgan fingerprint density at radius 1 is 1.53 bits per heavy atom. The molecular weight excluding hydrogens is 246 g/mol. The molecular formula is C12H15N5O2. The van der Waals surface area contributed by atoms with E-state index in [1.165, 1.54) is 13.3 Å². The molecule has 7 heteroatoms. The van der Waals surface area contributed by atoms with Crippen molar-refractivity contribution in [2.45, 2.75) is 20.4 Å². The van der Waals surface area contributed by atoms with Crippen LogP contribution in [0.4, 0.5) is 11.6 Å². The van der Waals surface area contributed by atoms with Crippen LogP contribution in [0.15, 0.2) is 18.5 Å². The summed E-state index contributed by atoms with van der Waals surface area (Å²) in [7, 11) is 1.32. The van der Waals surface area contributed by atoms with Gasteiger partial charge in [0.2, 0.25) is 0 Å². The molecule has 0 aliphatic rings. The lowest BCUT2D eigenvalue weighted by atomic mass is 10.3. The van der Waals surface area contributed by atoms with Gasteiger partial charge in [-0.3, -0.25) is 4.68 Å². The maximum Gasteiger partial charge on any atom is 0.343 e. The fourth-order valence-corrected chi connectivity index (χ4v) is 1.55. The highest BCUT2D eigenvalue weighted by Crippen LogP contribution is 2.17. The van der Waals surface area contributed by atoms with Crippen LogP contribution < -0.4 is 5.32 Å². The maximum atomic E-state index is 11.6. The summed E-state index contributed by atoms with van der Waals surface area (Å²) in [5.74, 6) is 1.08. The molecule has 0 spiro atoms. The number of carbonyl (C=O) groups is 1. The van der Waals surface area contributed by atoms with Gasteiger partial charge in [-0.1, -0.05) is 0 Å². The minimum atomic E-state index is -0.488. The van der Waals surface area contributed by atoms with Crippen LogP contribution in [-0.4, -0.2) is 32.8 Å². The highest BCUT2D eigenvalue weighted by molar-refractivity contribution is 5.94. The highest BCUT2D eigenvalue weighted by atomic mass is 16.5. The zero-order valence-electron chi connectivity index (χ0n) is 11.0. The number of anilines is 2. The molecule has 0 bridgehead atoms. The number of nitrogens with zero attached hydrogens (tertiary/aromatic N) is 4. The second kappa shape index (κ2) is 5.47. The first-order valence-corrected chi connectivity index (χ1v) is 5.86. The summed E-state index contributed by atoms with van der Waals surface area (Å²) >= 11 is 0. The van der Waals surface area contributed by atoms with Crippen LogP contribution in [0.25, 0.3) is 0 Å². The van der Waals surface area contributed by atoms with Gasteiger partial charge >= 0.3 is 5.97 Å². The van der Waals surface area contributed by atoms with Gasteiger partial charge in [-0.15, -0.1) is 0 Å². The van der Waals surface area contributed by atoms with E-state index in [0.29, 0.717) is 17.5 Å². The Labute approximate surface area is 110 Å². The van der Waals surface area contributed by atoms with Crippen molar-refractivity contribution in [1.29, 1.82) is 0 Å². The number of hydrogen-bond donors (Lipinski definition) is 1. The monoisotopic (exact) mass is 261 g/mol. The van der Waals surface area contributed by atoms with Crippen LogP contribution in [0, 0.1) is 6.92 Å². The van der Waals surface area contributed by atoms with E-state index in [-0.39, 0.29) is 5.56 Å². The zero-order valence-corrected chi connectivity index (χ0v) is 11.0. The van der Waals surface area contributed by atoms with Gasteiger partial charge < -0.3 is 10.1 Å². The molecule has 0 fully saturated rings. The zero-order chi connectivity index (χ0) is 13.8. The fourth-order valence-electron chi connectivity index (χ4n) is 1.55. The molecule has 100 valence electrons. The molecule has 7 nitrogen and oxygen atoms in total. The summed E-state index contributed by atoms with van der Waals surface area (Å²) in [4.78, 5) is 19.8. The summed E-state index contributed by atoms with van der Waals surface area (Å²) in [5.41, 5.74) is 0.277. The minimum absolute atomic E-state index is 0.277. The quantitative estimate of drug-likeness (QED) is 0.840. The fraction of sp³-hybridized carbons (Fsp3) is 0.333. The van der Waals surface area contributed by atoms with Crippen molar-refractivity contribution in [3.63, 3.8) is 0 Å². The number of aryl methyl sites for hydroxylation is 2. The summed E-state index contributed by atoms with van der Waals surface area (Å²) in [6.07, 6.45) is 3.28. The molecule has 2 aromatic heterocycles. The predicted octanol–water partition coefficient (Wildman–Crippen LogP) is 1.53. The number of aromatic nitrogens is 4. The third-order valence-corrected chi connectivity index (χ3v) is 2.53. The van der Waals surface area contributed by atoms with Gasteiger partial charge in [-0.25, -0.2) is 14.8 Å². The summed E-state index contributed by atoms with van der Waals surface area (Å²) in [6, 6.07) is 1.81. The topological polar surface area (TPSA) is 81.9 Å². The predicted molar refractivity (Wildman–Crippen MR) is 69.3 cm³/mol. The first kappa shape index (κ1) is 13.0. The number of ether oxygens (including phenoxy) is 1. The summed E-state index contributed by atoms with van der Waals surface area (Å²) in [5, 5.41) is 7.27. The molecule has 0 unspecified atom stereocenters. The first-order valence-electron chi connectivity index (χ1n) is 5.86. The van der Waals surface area contributed by atoms with Crippen molar-refractivity contribution in [2.75, 3.05) is 12.4 Å². The van der Waals surface area contributed by atoms with Crippen molar-refractivity contribution >= 4 is 17.6 Å². The first-order chi connectivity index (χ1) is 9.13. The number of carbonyl (C=O) groups excluding carboxylic acids is 1. The lowest BCUT2D eigenvalue weighted by molar-refractivity contribution is 0.0601. The second-order valence-corrected chi connectivity index (χ2v) is 3.85. The van der Waals surface area contributed by atoms with Crippen LogP contribution in [0.3, 0.4) is 0 Å². The molecule has 1 N–H and O–H groups in total. The van der Waals surface area contributed by atoms with Crippen LogP contribution >= 0.6 is 0 Å². The van der Waals surface area contributed by atoms with E-state index in [1.54, 1.807) is 11.6 Å². The van der Waals surface area contributed by atoms with Gasteiger partial charge in [0.05, 0.1) is 7.11 Å². The van der Waals surface area contributed by atoms with Crippen molar-refractivity contribution in [1.82, 2.24) is 19.7 Å². The van der Waals surface area contributed by atoms with Crippen molar-refractivity contribution in [3.8, 4) is 0 Å². The Morgan fingerprint density at radius 3 is 2.95 bits per heavy atom. The van der Waals surface area contributed by atoms with Gasteiger partial charge in [0.1, 0.15) is 17.2 Å². The van der Waals surface area contributed by atoms with E-state index in [2.05, 4.69) is 20.4 Å². The van der Waals surface area contributed by atoms with Crippen LogP contribution in [-0.2, 0) is 11.3 Å². The van der Waals surface area contributed by atoms with E-state index < -0.39 is 5.97 Å². The van der Waals surface area contributed by atoms with E-state index >= 15 is 0 Å². The number of esters is 1. The lowest BCUT2D eigenvalue weighted by Gasteiger charge is -2.07. The Balaban J connectivity index is 2.32. The molecule has 0 saturated carbocycles. The highest BCUT2D eigenvalue weighted by Gasteiger charge is 2.15. The molecule has 0 aliphatic carbocycles. The molecule has 0 aromatic carbocycles. The molecule has 0 amide bonds. The van der Waals surface area contributed by atoms with Gasteiger partial charge in [0.15, 0.2) is 5.82 Å². The Hall–Kier alpha value is -2.44. The van der Waals surface area contributed by atoms with Gasteiger partial charge in [-0.05, 0) is 13.8 Å². The maximum absolute atomic E-state index is 11.6. The third-order valence-electron chi connectivity index (χ3n) is 2.53. The van der Waals surface area contributed by atoms with E-state index in [4.69, 9.17) is 4.74 Å². The molecule has 2 rings (SSSR count). The van der Waals surface area contributed by atoms with Gasteiger partial charge in [-0.2, -0.15) is 5.10 Å². The SMILES string of the molecule is CCn1ccc(Nc2nc(C)ncc2C(=O)OC)n1. The molecule has 0 atom stereocenters.